The molecule has 0 spiro atoms. The highest BCUT2D eigenvalue weighted by Crippen LogP contribution is 2.08. The Bertz CT molecular complexity index is 510. The summed E-state index contributed by atoms with van der Waals surface area (Å²) >= 11 is 0. The largest absolute Gasteiger partial charge is 0.478 e. The van der Waals surface area contributed by atoms with Crippen molar-refractivity contribution in [3.05, 3.63) is 35.4 Å². The van der Waals surface area contributed by atoms with E-state index in [9.17, 15) is 13.8 Å². The third-order valence-electron chi connectivity index (χ3n) is 2.36. The molecule has 1 aromatic rings. The van der Waals surface area contributed by atoms with Crippen LogP contribution in [0.15, 0.2) is 24.3 Å². The van der Waals surface area contributed by atoms with Crippen molar-refractivity contribution in [2.45, 2.75) is 19.6 Å². The number of benzene rings is 1. The van der Waals surface area contributed by atoms with E-state index >= 15 is 0 Å². The van der Waals surface area contributed by atoms with Gasteiger partial charge in [0.05, 0.1) is 12.2 Å². The summed E-state index contributed by atoms with van der Waals surface area (Å²) in [7, 11) is -1.40. The van der Waals surface area contributed by atoms with Crippen LogP contribution in [0.2, 0.25) is 0 Å². The number of carbonyl (C=O) groups is 2. The molecule has 5 nitrogen and oxygen atoms in total. The van der Waals surface area contributed by atoms with Gasteiger partial charge in [-0.3, -0.25) is 9.00 Å². The number of esters is 1. The quantitative estimate of drug-likeness (QED) is 0.777. The van der Waals surface area contributed by atoms with Crippen molar-refractivity contribution in [2.24, 2.45) is 5.92 Å². The lowest BCUT2D eigenvalue weighted by atomic mass is 10.1. The predicted octanol–water partition coefficient (Wildman–Crippen LogP) is 1.83. The van der Waals surface area contributed by atoms with E-state index in [-0.39, 0.29) is 23.0 Å². The van der Waals surface area contributed by atoms with E-state index in [4.69, 9.17) is 9.84 Å². The number of carboxylic acid groups (broad SMARTS) is 1. The minimum Gasteiger partial charge on any atom is -0.478 e. The van der Waals surface area contributed by atoms with Crippen molar-refractivity contribution in [2.75, 3.05) is 12.4 Å². The Balaban J connectivity index is 2.52. The molecule has 1 unspecified atom stereocenters. The molecule has 0 aliphatic heterocycles. The molecule has 0 aliphatic rings. The first-order valence-corrected chi connectivity index (χ1v) is 7.70. The Morgan fingerprint density at radius 2 is 2.05 bits per heavy atom. The lowest BCUT2D eigenvalue weighted by Crippen LogP contribution is -2.17. The van der Waals surface area contributed by atoms with E-state index in [1.165, 1.54) is 12.1 Å². The zero-order chi connectivity index (χ0) is 15.1. The molecule has 0 saturated carbocycles. The van der Waals surface area contributed by atoms with Gasteiger partial charge in [0, 0.05) is 16.6 Å². The number of carboxylic acids is 1. The lowest BCUT2D eigenvalue weighted by Gasteiger charge is -2.07. The van der Waals surface area contributed by atoms with E-state index in [1.54, 1.807) is 12.1 Å². The summed E-state index contributed by atoms with van der Waals surface area (Å²) in [6.45, 7) is 4.15. The van der Waals surface area contributed by atoms with Crippen LogP contribution in [0.4, 0.5) is 0 Å². The number of hydrogen-bond acceptors (Lipinski definition) is 4. The minimum atomic E-state index is -1.40. The van der Waals surface area contributed by atoms with Gasteiger partial charge in [-0.2, -0.15) is 0 Å². The van der Waals surface area contributed by atoms with Crippen LogP contribution in [0.5, 0.6) is 0 Å². The van der Waals surface area contributed by atoms with Crippen molar-refractivity contribution in [3.8, 4) is 0 Å². The topological polar surface area (TPSA) is 80.7 Å². The molecule has 0 fully saturated rings. The third-order valence-corrected chi connectivity index (χ3v) is 3.57. The van der Waals surface area contributed by atoms with Crippen molar-refractivity contribution >= 4 is 22.7 Å². The second-order valence-corrected chi connectivity index (χ2v) is 6.27. The van der Waals surface area contributed by atoms with Gasteiger partial charge in [-0.15, -0.1) is 0 Å². The van der Waals surface area contributed by atoms with Crippen LogP contribution in [0.25, 0.3) is 0 Å². The summed E-state index contributed by atoms with van der Waals surface area (Å²) in [5.74, 6) is -1.33. The molecule has 1 N–H and O–H groups in total. The molecule has 0 aliphatic carbocycles. The van der Waals surface area contributed by atoms with Gasteiger partial charge >= 0.3 is 11.9 Å². The molecular formula is C14H18O5S. The van der Waals surface area contributed by atoms with Crippen LogP contribution in [-0.2, 0) is 26.1 Å². The zero-order valence-corrected chi connectivity index (χ0v) is 12.3. The standard InChI is InChI=1S/C14H18O5S/c1-10(2)7-19-13(15)9-20(18)8-11-4-3-5-12(6-11)14(16)17/h3-6,10H,7-9H2,1-2H3,(H,16,17). The monoisotopic (exact) mass is 298 g/mol. The van der Waals surface area contributed by atoms with E-state index in [0.29, 0.717) is 12.2 Å². The normalized spacial score (nSPS) is 12.2. The molecule has 20 heavy (non-hydrogen) atoms. The molecule has 0 bridgehead atoms. The SMILES string of the molecule is CC(C)COC(=O)CS(=O)Cc1cccc(C(=O)O)c1. The fourth-order valence-electron chi connectivity index (χ4n) is 1.46. The van der Waals surface area contributed by atoms with E-state index < -0.39 is 22.7 Å². The van der Waals surface area contributed by atoms with Gasteiger partial charge in [-0.05, 0) is 23.6 Å². The van der Waals surface area contributed by atoms with Crippen molar-refractivity contribution in [1.29, 1.82) is 0 Å². The highest BCUT2D eigenvalue weighted by Gasteiger charge is 2.12. The molecule has 6 heteroatoms. The average Bonchev–Trinajstić information content (AvgIpc) is 2.36. The number of ether oxygens (including phenoxy) is 1. The van der Waals surface area contributed by atoms with Gasteiger partial charge < -0.3 is 9.84 Å². The Labute approximate surface area is 120 Å². The van der Waals surface area contributed by atoms with Crippen LogP contribution < -0.4 is 0 Å². The fraction of sp³-hybridized carbons (Fsp3) is 0.429. The molecule has 0 saturated heterocycles. The number of hydrogen-bond donors (Lipinski definition) is 1. The zero-order valence-electron chi connectivity index (χ0n) is 11.5. The molecule has 1 atom stereocenters. The lowest BCUT2D eigenvalue weighted by molar-refractivity contribution is -0.141. The van der Waals surface area contributed by atoms with Gasteiger partial charge in [-0.25, -0.2) is 4.79 Å². The van der Waals surface area contributed by atoms with Gasteiger partial charge in [0.25, 0.3) is 0 Å². The Hall–Kier alpha value is -1.69. The number of aromatic carboxylic acids is 1. The highest BCUT2D eigenvalue weighted by atomic mass is 32.2. The second-order valence-electron chi connectivity index (χ2n) is 4.81. The summed E-state index contributed by atoms with van der Waals surface area (Å²) in [6.07, 6.45) is 0. The first-order valence-electron chi connectivity index (χ1n) is 6.21. The molecule has 1 aromatic carbocycles. The summed E-state index contributed by atoms with van der Waals surface area (Å²) in [6, 6.07) is 6.20. The summed E-state index contributed by atoms with van der Waals surface area (Å²) in [5.41, 5.74) is 0.766. The maximum atomic E-state index is 11.8. The first-order chi connectivity index (χ1) is 9.38. The molecule has 0 heterocycles. The van der Waals surface area contributed by atoms with Crippen LogP contribution >= 0.6 is 0 Å². The smallest absolute Gasteiger partial charge is 0.335 e. The summed E-state index contributed by atoms with van der Waals surface area (Å²) in [4.78, 5) is 22.2. The van der Waals surface area contributed by atoms with E-state index in [1.807, 2.05) is 13.8 Å². The summed E-state index contributed by atoms with van der Waals surface area (Å²) in [5, 5.41) is 8.86. The maximum Gasteiger partial charge on any atom is 0.335 e. The highest BCUT2D eigenvalue weighted by molar-refractivity contribution is 7.84. The van der Waals surface area contributed by atoms with E-state index in [0.717, 1.165) is 0 Å². The molecule has 0 radical (unpaired) electrons. The van der Waals surface area contributed by atoms with Gasteiger partial charge in [0.2, 0.25) is 0 Å². The summed E-state index contributed by atoms with van der Waals surface area (Å²) < 4.78 is 16.8. The van der Waals surface area contributed by atoms with Gasteiger partial charge in [-0.1, -0.05) is 26.0 Å². The first kappa shape index (κ1) is 16.4. The fourth-order valence-corrected chi connectivity index (χ4v) is 2.46. The molecule has 110 valence electrons. The number of carbonyl (C=O) groups excluding carboxylic acids is 1. The van der Waals surface area contributed by atoms with Gasteiger partial charge in [0.15, 0.2) is 0 Å². The predicted molar refractivity (Wildman–Crippen MR) is 75.9 cm³/mol. The molecule has 1 rings (SSSR count). The van der Waals surface area contributed by atoms with Crippen LogP contribution in [0.3, 0.4) is 0 Å². The Kier molecular flexibility index (Phi) is 6.38. The van der Waals surface area contributed by atoms with Crippen molar-refractivity contribution in [3.63, 3.8) is 0 Å². The van der Waals surface area contributed by atoms with Crippen molar-refractivity contribution in [1.82, 2.24) is 0 Å². The van der Waals surface area contributed by atoms with Crippen molar-refractivity contribution < 1.29 is 23.6 Å². The minimum absolute atomic E-state index is 0.137. The maximum absolute atomic E-state index is 11.8. The molecule has 0 aromatic heterocycles. The molecule has 0 amide bonds. The Morgan fingerprint density at radius 1 is 1.35 bits per heavy atom. The van der Waals surface area contributed by atoms with Crippen LogP contribution in [0, 0.1) is 5.92 Å². The third kappa shape index (κ3) is 5.97. The van der Waals surface area contributed by atoms with Crippen LogP contribution in [0.1, 0.15) is 29.8 Å². The van der Waals surface area contributed by atoms with Crippen LogP contribution in [-0.4, -0.2) is 33.6 Å². The van der Waals surface area contributed by atoms with E-state index in [2.05, 4.69) is 0 Å². The second kappa shape index (κ2) is 7.79. The number of rotatable bonds is 7. The van der Waals surface area contributed by atoms with Gasteiger partial charge in [0.1, 0.15) is 5.75 Å². The average molecular weight is 298 g/mol. The Morgan fingerprint density at radius 3 is 2.65 bits per heavy atom. The molecular weight excluding hydrogens is 280 g/mol.